The third-order valence-corrected chi connectivity index (χ3v) is 2.46. The fourth-order valence-corrected chi connectivity index (χ4v) is 1.37. The number of amides is 1. The zero-order valence-corrected chi connectivity index (χ0v) is 10.7. The molecule has 0 aliphatic heterocycles. The Hall–Kier alpha value is -1.66. The molecule has 0 aromatic carbocycles. The van der Waals surface area contributed by atoms with Crippen molar-refractivity contribution >= 4 is 5.91 Å². The third-order valence-electron chi connectivity index (χ3n) is 2.46. The highest BCUT2D eigenvalue weighted by Crippen LogP contribution is 2.11. The first-order valence-electron chi connectivity index (χ1n) is 5.75. The number of ether oxygens (including phenoxy) is 1. The molecule has 1 amide bonds. The Bertz CT molecular complexity index is 385. The van der Waals surface area contributed by atoms with E-state index < -0.39 is 0 Å². The Morgan fingerprint density at radius 3 is 3.00 bits per heavy atom. The van der Waals surface area contributed by atoms with E-state index in [2.05, 4.69) is 10.3 Å². The molecule has 6 heteroatoms. The van der Waals surface area contributed by atoms with Crippen LogP contribution < -0.4 is 5.32 Å². The van der Waals surface area contributed by atoms with Gasteiger partial charge < -0.3 is 20.1 Å². The van der Waals surface area contributed by atoms with E-state index in [-0.39, 0.29) is 17.4 Å². The van der Waals surface area contributed by atoms with Crippen LogP contribution in [0.15, 0.2) is 18.3 Å². The molecule has 2 N–H and O–H groups in total. The van der Waals surface area contributed by atoms with Crippen molar-refractivity contribution in [2.45, 2.75) is 0 Å². The van der Waals surface area contributed by atoms with Crippen LogP contribution >= 0.6 is 0 Å². The van der Waals surface area contributed by atoms with Gasteiger partial charge >= 0.3 is 0 Å². The second-order valence-electron chi connectivity index (χ2n) is 3.92. The second-order valence-corrected chi connectivity index (χ2v) is 3.92. The van der Waals surface area contributed by atoms with Gasteiger partial charge in [-0.1, -0.05) is 0 Å². The van der Waals surface area contributed by atoms with Gasteiger partial charge in [-0.3, -0.25) is 4.79 Å². The van der Waals surface area contributed by atoms with E-state index in [1.165, 1.54) is 12.3 Å². The Kier molecular flexibility index (Phi) is 6.10. The fourth-order valence-electron chi connectivity index (χ4n) is 1.37. The van der Waals surface area contributed by atoms with E-state index in [1.807, 2.05) is 11.9 Å². The van der Waals surface area contributed by atoms with Crippen molar-refractivity contribution < 1.29 is 14.6 Å². The number of hydrogen-bond acceptors (Lipinski definition) is 5. The van der Waals surface area contributed by atoms with E-state index >= 15 is 0 Å². The van der Waals surface area contributed by atoms with Gasteiger partial charge in [0, 0.05) is 32.9 Å². The zero-order chi connectivity index (χ0) is 13.4. The summed E-state index contributed by atoms with van der Waals surface area (Å²) in [6, 6.07) is 3.01. The number of nitrogens with zero attached hydrogens (tertiary/aromatic N) is 2. The molecular weight excluding hydrogens is 234 g/mol. The molecule has 1 aromatic rings. The Morgan fingerprint density at radius 1 is 1.56 bits per heavy atom. The average molecular weight is 253 g/mol. The molecule has 0 radical (unpaired) electrons. The molecular formula is C12H19N3O3. The smallest absolute Gasteiger partial charge is 0.273 e. The number of likely N-dealkylation sites (N-methyl/N-ethyl adjacent to an activating group) is 1. The van der Waals surface area contributed by atoms with Crippen molar-refractivity contribution in [2.24, 2.45) is 0 Å². The highest BCUT2D eigenvalue weighted by molar-refractivity contribution is 5.94. The van der Waals surface area contributed by atoms with Crippen LogP contribution in [0.3, 0.4) is 0 Å². The number of nitrogens with one attached hydrogen (secondary N) is 1. The van der Waals surface area contributed by atoms with E-state index in [9.17, 15) is 9.90 Å². The SMILES string of the molecule is COCCN(C)CCNC(=O)c1ncccc1O. The summed E-state index contributed by atoms with van der Waals surface area (Å²) in [5.74, 6) is -0.476. The summed E-state index contributed by atoms with van der Waals surface area (Å²) >= 11 is 0. The Morgan fingerprint density at radius 2 is 2.33 bits per heavy atom. The molecule has 1 heterocycles. The largest absolute Gasteiger partial charge is 0.505 e. The molecule has 18 heavy (non-hydrogen) atoms. The number of carbonyl (C=O) groups is 1. The molecule has 0 aliphatic rings. The number of carbonyl (C=O) groups excluding carboxylic acids is 1. The lowest BCUT2D eigenvalue weighted by Crippen LogP contribution is -2.34. The van der Waals surface area contributed by atoms with Crippen LogP contribution in [0, 0.1) is 0 Å². The molecule has 6 nitrogen and oxygen atoms in total. The summed E-state index contributed by atoms with van der Waals surface area (Å²) in [7, 11) is 3.60. The minimum absolute atomic E-state index is 0.0528. The monoisotopic (exact) mass is 253 g/mol. The third kappa shape index (κ3) is 4.68. The maximum atomic E-state index is 11.7. The fraction of sp³-hybridized carbons (Fsp3) is 0.500. The van der Waals surface area contributed by atoms with Crippen LogP contribution in [0.2, 0.25) is 0 Å². The van der Waals surface area contributed by atoms with Crippen molar-refractivity contribution in [1.29, 1.82) is 0 Å². The summed E-state index contributed by atoms with van der Waals surface area (Å²) in [6.07, 6.45) is 1.47. The van der Waals surface area contributed by atoms with Crippen LogP contribution in [0.5, 0.6) is 5.75 Å². The van der Waals surface area contributed by atoms with Crippen molar-refractivity contribution in [3.8, 4) is 5.75 Å². The van der Waals surface area contributed by atoms with Crippen molar-refractivity contribution in [1.82, 2.24) is 15.2 Å². The predicted molar refractivity (Wildman–Crippen MR) is 67.6 cm³/mol. The highest BCUT2D eigenvalue weighted by atomic mass is 16.5. The van der Waals surface area contributed by atoms with E-state index in [4.69, 9.17) is 4.74 Å². The van der Waals surface area contributed by atoms with Gasteiger partial charge in [-0.15, -0.1) is 0 Å². The van der Waals surface area contributed by atoms with Crippen LogP contribution in [0.4, 0.5) is 0 Å². The lowest BCUT2D eigenvalue weighted by Gasteiger charge is -2.16. The molecule has 0 spiro atoms. The van der Waals surface area contributed by atoms with Crippen LogP contribution in [-0.4, -0.2) is 61.3 Å². The van der Waals surface area contributed by atoms with Gasteiger partial charge in [-0.25, -0.2) is 4.98 Å². The number of aromatic hydroxyl groups is 1. The first kappa shape index (κ1) is 14.4. The van der Waals surface area contributed by atoms with Gasteiger partial charge in [0.1, 0.15) is 5.75 Å². The van der Waals surface area contributed by atoms with E-state index in [1.54, 1.807) is 13.2 Å². The molecule has 0 saturated carbocycles. The highest BCUT2D eigenvalue weighted by Gasteiger charge is 2.11. The van der Waals surface area contributed by atoms with Gasteiger partial charge in [-0.05, 0) is 19.2 Å². The number of rotatable bonds is 7. The van der Waals surface area contributed by atoms with E-state index in [0.29, 0.717) is 19.7 Å². The minimum atomic E-state index is -0.367. The zero-order valence-electron chi connectivity index (χ0n) is 10.7. The number of aromatic nitrogens is 1. The molecule has 0 unspecified atom stereocenters. The van der Waals surface area contributed by atoms with Crippen LogP contribution in [-0.2, 0) is 4.74 Å². The van der Waals surface area contributed by atoms with Gasteiger partial charge in [0.15, 0.2) is 5.69 Å². The summed E-state index contributed by atoms with van der Waals surface area (Å²) in [5, 5.41) is 12.2. The first-order chi connectivity index (χ1) is 8.65. The maximum absolute atomic E-state index is 11.7. The molecule has 0 fully saturated rings. The molecule has 1 aromatic heterocycles. The number of methoxy groups -OCH3 is 1. The second kappa shape index (κ2) is 7.62. The summed E-state index contributed by atoms with van der Waals surface area (Å²) in [6.45, 7) is 2.67. The standard InChI is InChI=1S/C12H19N3O3/c1-15(8-9-18-2)7-6-14-12(17)11-10(16)4-3-5-13-11/h3-5,16H,6-9H2,1-2H3,(H,14,17). The summed E-state index contributed by atoms with van der Waals surface area (Å²) in [5.41, 5.74) is 0.0528. The van der Waals surface area contributed by atoms with Crippen molar-refractivity contribution in [2.75, 3.05) is 40.4 Å². The quantitative estimate of drug-likeness (QED) is 0.720. The molecule has 0 bridgehead atoms. The lowest BCUT2D eigenvalue weighted by molar-refractivity contribution is 0.0939. The molecule has 0 aliphatic carbocycles. The van der Waals surface area contributed by atoms with Crippen molar-refractivity contribution in [3.63, 3.8) is 0 Å². The lowest BCUT2D eigenvalue weighted by atomic mass is 10.3. The van der Waals surface area contributed by atoms with Crippen molar-refractivity contribution in [3.05, 3.63) is 24.0 Å². The van der Waals surface area contributed by atoms with Gasteiger partial charge in [-0.2, -0.15) is 0 Å². The summed E-state index contributed by atoms with van der Waals surface area (Å²) < 4.78 is 4.95. The topological polar surface area (TPSA) is 74.7 Å². The van der Waals surface area contributed by atoms with Crippen LogP contribution in [0.1, 0.15) is 10.5 Å². The predicted octanol–water partition coefficient (Wildman–Crippen LogP) is 0.0952. The Labute approximate surface area is 107 Å². The molecule has 0 atom stereocenters. The number of pyridine rings is 1. The maximum Gasteiger partial charge on any atom is 0.273 e. The first-order valence-corrected chi connectivity index (χ1v) is 5.75. The van der Waals surface area contributed by atoms with Gasteiger partial charge in [0.25, 0.3) is 5.91 Å². The molecule has 0 saturated heterocycles. The minimum Gasteiger partial charge on any atom is -0.505 e. The van der Waals surface area contributed by atoms with Gasteiger partial charge in [0.2, 0.25) is 0 Å². The molecule has 100 valence electrons. The Balaban J connectivity index is 2.32. The summed E-state index contributed by atoms with van der Waals surface area (Å²) in [4.78, 5) is 17.6. The van der Waals surface area contributed by atoms with Gasteiger partial charge in [0.05, 0.1) is 6.61 Å². The normalized spacial score (nSPS) is 10.6. The number of hydrogen-bond donors (Lipinski definition) is 2. The van der Waals surface area contributed by atoms with E-state index in [0.717, 1.165) is 6.54 Å². The average Bonchev–Trinajstić information content (AvgIpc) is 2.36. The van der Waals surface area contributed by atoms with Crippen LogP contribution in [0.25, 0.3) is 0 Å². The molecule has 1 rings (SSSR count).